The van der Waals surface area contributed by atoms with E-state index in [1.54, 1.807) is 19.1 Å². The van der Waals surface area contributed by atoms with Gasteiger partial charge in [-0.1, -0.05) is 19.1 Å². The first-order valence-electron chi connectivity index (χ1n) is 9.55. The molecule has 1 N–H and O–H groups in total. The summed E-state index contributed by atoms with van der Waals surface area (Å²) < 4.78 is 70.7. The van der Waals surface area contributed by atoms with E-state index in [9.17, 15) is 26.0 Å². The SMILES string of the molecule is CCN(CC(=O)NCc1ccc(S(=O)(=O)N(C)C)cc1)S(=O)(=O)c1cc(F)ccc1OC. The van der Waals surface area contributed by atoms with Crippen molar-refractivity contribution in [2.45, 2.75) is 23.3 Å². The summed E-state index contributed by atoms with van der Waals surface area (Å²) in [7, 11) is -3.63. The Hall–Kier alpha value is -2.54. The maximum atomic E-state index is 13.6. The number of carbonyl (C=O) groups excluding carboxylic acids is 1. The van der Waals surface area contributed by atoms with Crippen LogP contribution in [0.25, 0.3) is 0 Å². The molecule has 0 aliphatic heterocycles. The normalized spacial score (nSPS) is 12.2. The smallest absolute Gasteiger partial charge is 0.247 e. The van der Waals surface area contributed by atoms with Gasteiger partial charge < -0.3 is 10.1 Å². The Labute approximate surface area is 187 Å². The molecule has 2 rings (SSSR count). The fourth-order valence-electron chi connectivity index (χ4n) is 2.76. The highest BCUT2D eigenvalue weighted by molar-refractivity contribution is 7.89. The third-order valence-corrected chi connectivity index (χ3v) is 8.38. The number of hydrogen-bond donors (Lipinski definition) is 1. The predicted molar refractivity (Wildman–Crippen MR) is 117 cm³/mol. The molecule has 0 aromatic heterocycles. The molecule has 1 amide bonds. The topological polar surface area (TPSA) is 113 Å². The fourth-order valence-corrected chi connectivity index (χ4v) is 5.24. The third-order valence-electron chi connectivity index (χ3n) is 4.61. The minimum Gasteiger partial charge on any atom is -0.495 e. The van der Waals surface area contributed by atoms with Crippen LogP contribution >= 0.6 is 0 Å². The molecule has 0 aliphatic carbocycles. The average molecular weight is 488 g/mol. The van der Waals surface area contributed by atoms with Crippen LogP contribution in [0.15, 0.2) is 52.3 Å². The van der Waals surface area contributed by atoms with Crippen molar-refractivity contribution < 1.29 is 30.8 Å². The first-order valence-corrected chi connectivity index (χ1v) is 12.4. The molecule has 0 saturated carbocycles. The van der Waals surface area contributed by atoms with Crippen LogP contribution in [0.3, 0.4) is 0 Å². The number of hydrogen-bond acceptors (Lipinski definition) is 6. The number of methoxy groups -OCH3 is 1. The standard InChI is InChI=1S/C20H26FN3O6S2/c1-5-24(32(28,29)19-12-16(21)8-11-18(19)30-4)14-20(25)22-13-15-6-9-17(10-7-15)31(26,27)23(2)3/h6-12H,5,13-14H2,1-4H3,(H,22,25). The summed E-state index contributed by atoms with van der Waals surface area (Å²) in [6, 6.07) is 9.10. The molecule has 0 radical (unpaired) electrons. The van der Waals surface area contributed by atoms with Gasteiger partial charge in [-0.05, 0) is 35.9 Å². The highest BCUT2D eigenvalue weighted by Gasteiger charge is 2.29. The van der Waals surface area contributed by atoms with E-state index >= 15 is 0 Å². The van der Waals surface area contributed by atoms with Crippen LogP contribution in [-0.2, 0) is 31.4 Å². The summed E-state index contributed by atoms with van der Waals surface area (Å²) in [4.78, 5) is 12.1. The quantitative estimate of drug-likeness (QED) is 0.542. The number of ether oxygens (including phenoxy) is 1. The molecule has 0 fully saturated rings. The molecular weight excluding hydrogens is 461 g/mol. The number of nitrogens with one attached hydrogen (secondary N) is 1. The lowest BCUT2D eigenvalue weighted by Crippen LogP contribution is -2.40. The number of halogens is 1. The zero-order valence-corrected chi connectivity index (χ0v) is 19.8. The van der Waals surface area contributed by atoms with Crippen LogP contribution in [0.4, 0.5) is 4.39 Å². The lowest BCUT2D eigenvalue weighted by molar-refractivity contribution is -0.121. The minimum absolute atomic E-state index is 0.0213. The maximum Gasteiger partial charge on any atom is 0.247 e. The number of likely N-dealkylation sites (N-methyl/N-ethyl adjacent to an activating group) is 1. The molecule has 0 heterocycles. The van der Waals surface area contributed by atoms with Gasteiger partial charge in [0.1, 0.15) is 16.5 Å². The summed E-state index contributed by atoms with van der Waals surface area (Å²) in [6.07, 6.45) is 0. The zero-order valence-electron chi connectivity index (χ0n) is 18.2. The van der Waals surface area contributed by atoms with Gasteiger partial charge in [-0.15, -0.1) is 0 Å². The Kier molecular flexibility index (Phi) is 8.35. The van der Waals surface area contributed by atoms with Crippen molar-refractivity contribution in [1.29, 1.82) is 0 Å². The Bertz CT molecular complexity index is 1170. The van der Waals surface area contributed by atoms with E-state index in [1.165, 1.54) is 39.4 Å². The van der Waals surface area contributed by atoms with Crippen LogP contribution < -0.4 is 10.1 Å². The number of carbonyl (C=O) groups is 1. The lowest BCUT2D eigenvalue weighted by atomic mass is 10.2. The van der Waals surface area contributed by atoms with E-state index in [4.69, 9.17) is 4.74 Å². The molecule has 0 unspecified atom stereocenters. The second kappa shape index (κ2) is 10.4. The number of rotatable bonds is 10. The van der Waals surface area contributed by atoms with E-state index in [2.05, 4.69) is 5.32 Å². The van der Waals surface area contributed by atoms with Crippen LogP contribution in [-0.4, -0.2) is 65.6 Å². The van der Waals surface area contributed by atoms with Gasteiger partial charge >= 0.3 is 0 Å². The Morgan fingerprint density at radius 1 is 1.03 bits per heavy atom. The van der Waals surface area contributed by atoms with E-state index < -0.39 is 38.3 Å². The molecule has 0 aliphatic rings. The molecule has 2 aromatic rings. The number of nitrogens with zero attached hydrogens (tertiary/aromatic N) is 2. The van der Waals surface area contributed by atoms with Crippen molar-refractivity contribution in [3.8, 4) is 5.75 Å². The van der Waals surface area contributed by atoms with Gasteiger partial charge in [0.15, 0.2) is 0 Å². The highest BCUT2D eigenvalue weighted by atomic mass is 32.2. The Morgan fingerprint density at radius 2 is 1.66 bits per heavy atom. The van der Waals surface area contributed by atoms with E-state index in [0.29, 0.717) is 5.56 Å². The zero-order chi connectivity index (χ0) is 24.1. The molecule has 12 heteroatoms. The van der Waals surface area contributed by atoms with Crippen LogP contribution in [0.5, 0.6) is 5.75 Å². The second-order valence-corrected chi connectivity index (χ2v) is 11.0. The van der Waals surface area contributed by atoms with Crippen LogP contribution in [0, 0.1) is 5.82 Å². The van der Waals surface area contributed by atoms with Gasteiger partial charge in [0, 0.05) is 27.2 Å². The average Bonchev–Trinajstić information content (AvgIpc) is 2.76. The first kappa shape index (κ1) is 25.7. The number of amides is 1. The first-order chi connectivity index (χ1) is 14.9. The van der Waals surface area contributed by atoms with E-state index in [0.717, 1.165) is 20.7 Å². The molecule has 9 nitrogen and oxygen atoms in total. The van der Waals surface area contributed by atoms with Crippen molar-refractivity contribution in [2.24, 2.45) is 0 Å². The second-order valence-electron chi connectivity index (χ2n) is 6.93. The van der Waals surface area contributed by atoms with Crippen LogP contribution in [0.1, 0.15) is 12.5 Å². The van der Waals surface area contributed by atoms with Gasteiger partial charge in [0.05, 0.1) is 18.6 Å². The van der Waals surface area contributed by atoms with Crippen molar-refractivity contribution in [3.63, 3.8) is 0 Å². The highest BCUT2D eigenvalue weighted by Crippen LogP contribution is 2.27. The summed E-state index contributed by atoms with van der Waals surface area (Å²) in [5, 5.41) is 2.60. The Balaban J connectivity index is 2.09. The molecule has 0 saturated heterocycles. The molecule has 2 aromatic carbocycles. The number of benzene rings is 2. The maximum absolute atomic E-state index is 13.6. The molecule has 176 valence electrons. The summed E-state index contributed by atoms with van der Waals surface area (Å²) >= 11 is 0. The summed E-state index contributed by atoms with van der Waals surface area (Å²) in [6.45, 7) is 1.13. The van der Waals surface area contributed by atoms with Gasteiger partial charge in [0.2, 0.25) is 26.0 Å². The minimum atomic E-state index is -4.19. The number of sulfonamides is 2. The van der Waals surface area contributed by atoms with Crippen molar-refractivity contribution >= 4 is 26.0 Å². The van der Waals surface area contributed by atoms with Crippen molar-refractivity contribution in [3.05, 3.63) is 53.8 Å². The van der Waals surface area contributed by atoms with E-state index in [1.807, 2.05) is 0 Å². The monoisotopic (exact) mass is 487 g/mol. The van der Waals surface area contributed by atoms with Crippen LogP contribution in [0.2, 0.25) is 0 Å². The van der Waals surface area contributed by atoms with Gasteiger partial charge in [-0.2, -0.15) is 4.31 Å². The van der Waals surface area contributed by atoms with Gasteiger partial charge in [0.25, 0.3) is 0 Å². The molecule has 0 spiro atoms. The summed E-state index contributed by atoms with van der Waals surface area (Å²) in [5.41, 5.74) is 0.633. The van der Waals surface area contributed by atoms with E-state index in [-0.39, 0.29) is 28.6 Å². The molecule has 32 heavy (non-hydrogen) atoms. The Morgan fingerprint density at radius 3 is 2.19 bits per heavy atom. The molecule has 0 atom stereocenters. The van der Waals surface area contributed by atoms with Gasteiger partial charge in [-0.3, -0.25) is 4.79 Å². The predicted octanol–water partition coefficient (Wildman–Crippen LogP) is 1.41. The van der Waals surface area contributed by atoms with Gasteiger partial charge in [-0.25, -0.2) is 25.5 Å². The molecule has 0 bridgehead atoms. The summed E-state index contributed by atoms with van der Waals surface area (Å²) in [5.74, 6) is -1.35. The lowest BCUT2D eigenvalue weighted by Gasteiger charge is -2.21. The van der Waals surface area contributed by atoms with Crippen molar-refractivity contribution in [1.82, 2.24) is 13.9 Å². The third kappa shape index (κ3) is 5.82. The molecular formula is C20H26FN3O6S2. The largest absolute Gasteiger partial charge is 0.495 e. The van der Waals surface area contributed by atoms with Crippen molar-refractivity contribution in [2.75, 3.05) is 34.3 Å². The fraction of sp³-hybridized carbons (Fsp3) is 0.350.